The number of rotatable bonds is 4. The predicted molar refractivity (Wildman–Crippen MR) is 96.8 cm³/mol. The molecule has 2 aromatic heterocycles. The minimum absolute atomic E-state index is 0.131. The number of carbonyl (C=O) groups excluding carboxylic acids is 1. The first kappa shape index (κ1) is 18.3. The molecule has 1 aromatic carbocycles. The Morgan fingerprint density at radius 1 is 1.27 bits per heavy atom. The Labute approximate surface area is 153 Å². The van der Waals surface area contributed by atoms with E-state index >= 15 is 0 Å². The topological polar surface area (TPSA) is 89.3 Å². The number of carbonyl (C=O) groups is 1. The van der Waals surface area contributed by atoms with Gasteiger partial charge in [0.2, 0.25) is 0 Å². The van der Waals surface area contributed by atoms with Crippen LogP contribution < -0.4 is 5.32 Å². The number of furan rings is 1. The molecule has 2 heterocycles. The highest BCUT2D eigenvalue weighted by molar-refractivity contribution is 7.90. The monoisotopic (exact) mass is 394 g/mol. The number of amides is 1. The third kappa shape index (κ3) is 3.68. The van der Waals surface area contributed by atoms with E-state index in [0.717, 1.165) is 35.8 Å². The summed E-state index contributed by atoms with van der Waals surface area (Å²) in [4.78, 5) is 16.5. The fourth-order valence-electron chi connectivity index (χ4n) is 2.41. The highest BCUT2D eigenvalue weighted by Gasteiger charge is 2.18. The quantitative estimate of drug-likeness (QED) is 0.680. The van der Waals surface area contributed by atoms with Gasteiger partial charge in [-0.1, -0.05) is 0 Å². The van der Waals surface area contributed by atoms with Crippen LogP contribution >= 0.6 is 11.3 Å². The lowest BCUT2D eigenvalue weighted by Gasteiger charge is -2.05. The molecule has 0 bridgehead atoms. The molecule has 3 aromatic rings. The van der Waals surface area contributed by atoms with E-state index in [0.29, 0.717) is 11.5 Å². The zero-order chi connectivity index (χ0) is 19.1. The Morgan fingerprint density at radius 3 is 2.62 bits per heavy atom. The fourth-order valence-corrected chi connectivity index (χ4v) is 3.77. The summed E-state index contributed by atoms with van der Waals surface area (Å²) >= 11 is 1.18. The van der Waals surface area contributed by atoms with Crippen molar-refractivity contribution in [2.75, 3.05) is 11.6 Å². The molecule has 1 amide bonds. The summed E-state index contributed by atoms with van der Waals surface area (Å²) in [6.07, 6.45) is 0.990. The minimum atomic E-state index is -3.55. The number of sulfone groups is 1. The molecule has 1 N–H and O–H groups in total. The average molecular weight is 394 g/mol. The van der Waals surface area contributed by atoms with Gasteiger partial charge >= 0.3 is 0 Å². The molecule has 0 aliphatic rings. The number of thiazole rings is 1. The molecule has 0 saturated carbocycles. The maximum Gasteiger partial charge on any atom is 0.260 e. The van der Waals surface area contributed by atoms with Gasteiger partial charge in [-0.05, 0) is 38.1 Å². The van der Waals surface area contributed by atoms with Gasteiger partial charge < -0.3 is 4.42 Å². The Balaban J connectivity index is 1.86. The number of halogens is 1. The molecular formula is C17H15FN2O4S2. The second-order valence-electron chi connectivity index (χ2n) is 5.73. The first-order chi connectivity index (χ1) is 12.1. The number of nitrogens with one attached hydrogen (secondary N) is 1. The van der Waals surface area contributed by atoms with Crippen LogP contribution in [0.4, 0.5) is 9.52 Å². The zero-order valence-corrected chi connectivity index (χ0v) is 15.8. The van der Waals surface area contributed by atoms with Crippen LogP contribution in [0, 0.1) is 19.7 Å². The third-order valence-corrected chi connectivity index (χ3v) is 5.52. The van der Waals surface area contributed by atoms with E-state index in [1.165, 1.54) is 11.3 Å². The van der Waals surface area contributed by atoms with Crippen molar-refractivity contribution in [1.82, 2.24) is 4.98 Å². The van der Waals surface area contributed by atoms with Crippen LogP contribution in [-0.4, -0.2) is 25.6 Å². The molecular weight excluding hydrogens is 379 g/mol. The van der Waals surface area contributed by atoms with Gasteiger partial charge in [-0.25, -0.2) is 17.8 Å². The highest BCUT2D eigenvalue weighted by atomic mass is 32.2. The number of hydrogen-bond acceptors (Lipinski definition) is 6. The Bertz CT molecular complexity index is 1100. The molecule has 0 aliphatic carbocycles. The summed E-state index contributed by atoms with van der Waals surface area (Å²) < 4.78 is 42.6. The van der Waals surface area contributed by atoms with Crippen molar-refractivity contribution in [2.45, 2.75) is 18.7 Å². The molecule has 0 radical (unpaired) electrons. The molecule has 9 heteroatoms. The number of benzene rings is 1. The fraction of sp³-hybridized carbons (Fsp3) is 0.176. The van der Waals surface area contributed by atoms with E-state index in [9.17, 15) is 17.6 Å². The van der Waals surface area contributed by atoms with Gasteiger partial charge in [0.25, 0.3) is 5.91 Å². The molecule has 3 rings (SSSR count). The van der Waals surface area contributed by atoms with E-state index in [1.54, 1.807) is 5.38 Å². The lowest BCUT2D eigenvalue weighted by Crippen LogP contribution is -2.14. The van der Waals surface area contributed by atoms with E-state index in [2.05, 4.69) is 10.3 Å². The molecule has 6 nitrogen and oxygen atoms in total. The second-order valence-corrected chi connectivity index (χ2v) is 8.61. The lowest BCUT2D eigenvalue weighted by atomic mass is 10.2. The smallest absolute Gasteiger partial charge is 0.260 e. The minimum Gasteiger partial charge on any atom is -0.466 e. The summed E-state index contributed by atoms with van der Waals surface area (Å²) in [6.45, 7) is 3.63. The molecule has 0 fully saturated rings. The van der Waals surface area contributed by atoms with Crippen LogP contribution in [0.2, 0.25) is 0 Å². The summed E-state index contributed by atoms with van der Waals surface area (Å²) in [5.74, 6) is -0.129. The molecule has 0 atom stereocenters. The van der Waals surface area contributed by atoms with Crippen LogP contribution in [0.3, 0.4) is 0 Å². The number of anilines is 1. The van der Waals surface area contributed by atoms with E-state index < -0.39 is 21.6 Å². The summed E-state index contributed by atoms with van der Waals surface area (Å²) in [7, 11) is -3.55. The third-order valence-electron chi connectivity index (χ3n) is 3.65. The van der Waals surface area contributed by atoms with E-state index in [1.807, 2.05) is 19.9 Å². The summed E-state index contributed by atoms with van der Waals surface area (Å²) in [5, 5.41) is 4.51. The molecule has 0 saturated heterocycles. The normalized spacial score (nSPS) is 11.5. The van der Waals surface area contributed by atoms with Crippen molar-refractivity contribution in [1.29, 1.82) is 0 Å². The van der Waals surface area contributed by atoms with Crippen LogP contribution in [-0.2, 0) is 9.84 Å². The molecule has 136 valence electrons. The molecule has 26 heavy (non-hydrogen) atoms. The maximum absolute atomic E-state index is 14.0. The highest BCUT2D eigenvalue weighted by Crippen LogP contribution is 2.30. The van der Waals surface area contributed by atoms with Gasteiger partial charge in [0.15, 0.2) is 15.0 Å². The van der Waals surface area contributed by atoms with Crippen LogP contribution in [0.1, 0.15) is 21.9 Å². The van der Waals surface area contributed by atoms with Gasteiger partial charge in [-0.3, -0.25) is 10.1 Å². The number of aromatic nitrogens is 1. The van der Waals surface area contributed by atoms with Gasteiger partial charge in [0, 0.05) is 17.2 Å². The van der Waals surface area contributed by atoms with Gasteiger partial charge in [0.05, 0.1) is 16.2 Å². The Hall–Kier alpha value is -2.52. The van der Waals surface area contributed by atoms with Crippen LogP contribution in [0.15, 0.2) is 39.0 Å². The van der Waals surface area contributed by atoms with Crippen LogP contribution in [0.25, 0.3) is 11.3 Å². The largest absolute Gasteiger partial charge is 0.466 e. The van der Waals surface area contributed by atoms with Crippen molar-refractivity contribution in [3.05, 3.63) is 52.5 Å². The average Bonchev–Trinajstić information content (AvgIpc) is 3.12. The summed E-state index contributed by atoms with van der Waals surface area (Å²) in [5.41, 5.74) is 1.08. The molecule has 0 spiro atoms. The summed E-state index contributed by atoms with van der Waals surface area (Å²) in [6, 6.07) is 4.92. The van der Waals surface area contributed by atoms with E-state index in [4.69, 9.17) is 4.42 Å². The van der Waals surface area contributed by atoms with Crippen LogP contribution in [0.5, 0.6) is 0 Å². The first-order valence-corrected chi connectivity index (χ1v) is 10.3. The Kier molecular flexibility index (Phi) is 4.68. The zero-order valence-electron chi connectivity index (χ0n) is 14.2. The number of hydrogen-bond donors (Lipinski definition) is 1. The SMILES string of the molecule is Cc1cc(-c2csc(NC(=O)c3cc(S(C)(=O)=O)ccc3F)n2)c(C)o1. The second kappa shape index (κ2) is 6.65. The van der Waals surface area contributed by atoms with Crippen molar-refractivity contribution in [3.8, 4) is 11.3 Å². The Morgan fingerprint density at radius 2 is 2.00 bits per heavy atom. The van der Waals surface area contributed by atoms with Crippen molar-refractivity contribution < 1.29 is 22.0 Å². The lowest BCUT2D eigenvalue weighted by molar-refractivity contribution is 0.102. The van der Waals surface area contributed by atoms with Crippen molar-refractivity contribution in [3.63, 3.8) is 0 Å². The number of nitrogens with zero attached hydrogens (tertiary/aromatic N) is 1. The predicted octanol–water partition coefficient (Wildman–Crippen LogP) is 3.81. The van der Waals surface area contributed by atoms with Gasteiger partial charge in [-0.15, -0.1) is 11.3 Å². The first-order valence-electron chi connectivity index (χ1n) is 7.49. The van der Waals surface area contributed by atoms with E-state index in [-0.39, 0.29) is 15.6 Å². The van der Waals surface area contributed by atoms with Crippen molar-refractivity contribution >= 4 is 32.2 Å². The van der Waals surface area contributed by atoms with Crippen molar-refractivity contribution in [2.24, 2.45) is 0 Å². The molecule has 0 aliphatic heterocycles. The van der Waals surface area contributed by atoms with Gasteiger partial charge in [-0.2, -0.15) is 0 Å². The maximum atomic E-state index is 14.0. The van der Waals surface area contributed by atoms with Gasteiger partial charge in [0.1, 0.15) is 17.3 Å². The number of aryl methyl sites for hydroxylation is 2. The molecule has 0 unspecified atom stereocenters. The standard InChI is InChI=1S/C17H15FN2O4S2/c1-9-6-12(10(2)24-9)15-8-25-17(19-15)20-16(21)13-7-11(26(3,22)23)4-5-14(13)18/h4-8H,1-3H3,(H,19,20,21).